The van der Waals surface area contributed by atoms with E-state index in [1.54, 1.807) is 16.7 Å². The molecule has 0 radical (unpaired) electrons. The molecular weight excluding hydrogens is 400 g/mol. The number of amides is 2. The standard InChI is InChI=1S/C22H24N4O5/c1-15-19(29-14-23-15)21(28)26-8-10-31-22(13-26)12-25(7-9-30-22)20(27)18-11-16-5-3-4-6-17(16)24(18)2/h3-6,11,14H,7-10,12-13H2,1-2H3. The van der Waals surface area contributed by atoms with E-state index in [4.69, 9.17) is 13.9 Å². The molecule has 162 valence electrons. The Bertz CT molecular complexity index is 1150. The first-order chi connectivity index (χ1) is 15.0. The Labute approximate surface area is 179 Å². The molecule has 1 aromatic carbocycles. The Kier molecular flexibility index (Phi) is 4.79. The second-order valence-corrected chi connectivity index (χ2v) is 7.98. The Morgan fingerprint density at radius 2 is 1.71 bits per heavy atom. The summed E-state index contributed by atoms with van der Waals surface area (Å²) in [7, 11) is 1.89. The maximum atomic E-state index is 13.4. The highest BCUT2D eigenvalue weighted by Gasteiger charge is 2.45. The maximum absolute atomic E-state index is 13.4. The number of aryl methyl sites for hydroxylation is 2. The van der Waals surface area contributed by atoms with Gasteiger partial charge in [-0.3, -0.25) is 9.59 Å². The smallest absolute Gasteiger partial charge is 0.291 e. The third-order valence-electron chi connectivity index (χ3n) is 6.00. The lowest BCUT2D eigenvalue weighted by Gasteiger charge is -2.47. The molecule has 9 nitrogen and oxygen atoms in total. The maximum Gasteiger partial charge on any atom is 0.291 e. The molecule has 1 atom stereocenters. The van der Waals surface area contributed by atoms with Crippen LogP contribution in [-0.2, 0) is 16.5 Å². The molecule has 0 saturated carbocycles. The van der Waals surface area contributed by atoms with Crippen molar-refractivity contribution in [3.8, 4) is 0 Å². The highest BCUT2D eigenvalue weighted by Crippen LogP contribution is 2.28. The van der Waals surface area contributed by atoms with Crippen LogP contribution in [0.1, 0.15) is 26.7 Å². The minimum absolute atomic E-state index is 0.0838. The summed E-state index contributed by atoms with van der Waals surface area (Å²) in [6.45, 7) is 3.71. The van der Waals surface area contributed by atoms with E-state index in [-0.39, 0.29) is 30.7 Å². The van der Waals surface area contributed by atoms with Crippen molar-refractivity contribution in [2.24, 2.45) is 7.05 Å². The zero-order valence-electron chi connectivity index (χ0n) is 17.5. The van der Waals surface area contributed by atoms with Crippen LogP contribution in [0, 0.1) is 6.92 Å². The molecular formula is C22H24N4O5. The van der Waals surface area contributed by atoms with Crippen LogP contribution in [0.5, 0.6) is 0 Å². The molecule has 2 aliphatic rings. The minimum atomic E-state index is -1.06. The van der Waals surface area contributed by atoms with Crippen LogP contribution in [0.25, 0.3) is 10.9 Å². The molecule has 0 bridgehead atoms. The fourth-order valence-electron chi connectivity index (χ4n) is 4.35. The molecule has 4 heterocycles. The van der Waals surface area contributed by atoms with Crippen molar-refractivity contribution in [1.29, 1.82) is 0 Å². The van der Waals surface area contributed by atoms with Crippen molar-refractivity contribution in [3.05, 3.63) is 53.9 Å². The van der Waals surface area contributed by atoms with E-state index in [0.29, 0.717) is 37.7 Å². The van der Waals surface area contributed by atoms with Crippen LogP contribution < -0.4 is 0 Å². The predicted octanol–water partition coefficient (Wildman–Crippen LogP) is 1.82. The van der Waals surface area contributed by atoms with Crippen LogP contribution in [-0.4, -0.2) is 76.3 Å². The SMILES string of the molecule is Cc1ncoc1C(=O)N1CCOC2(C1)CN(C(=O)c1cc3ccccc3n1C)CCO2. The molecule has 1 unspecified atom stereocenters. The van der Waals surface area contributed by atoms with Crippen molar-refractivity contribution in [2.75, 3.05) is 39.4 Å². The number of oxazole rings is 1. The third-order valence-corrected chi connectivity index (χ3v) is 6.00. The highest BCUT2D eigenvalue weighted by atomic mass is 16.7. The number of nitrogens with zero attached hydrogens (tertiary/aromatic N) is 4. The first kappa shape index (κ1) is 19.8. The van der Waals surface area contributed by atoms with Crippen LogP contribution in [0.2, 0.25) is 0 Å². The van der Waals surface area contributed by atoms with E-state index >= 15 is 0 Å². The molecule has 2 amide bonds. The third kappa shape index (κ3) is 3.39. The molecule has 0 N–H and O–H groups in total. The Morgan fingerprint density at radius 3 is 2.35 bits per heavy atom. The van der Waals surface area contributed by atoms with E-state index in [0.717, 1.165) is 10.9 Å². The normalized spacial score (nSPS) is 21.7. The highest BCUT2D eigenvalue weighted by molar-refractivity contribution is 5.98. The molecule has 2 aromatic heterocycles. The van der Waals surface area contributed by atoms with Gasteiger partial charge in [0.1, 0.15) is 5.69 Å². The fraction of sp³-hybridized carbons (Fsp3) is 0.409. The summed E-state index contributed by atoms with van der Waals surface area (Å²) in [6, 6.07) is 9.80. The zero-order valence-corrected chi connectivity index (χ0v) is 17.5. The summed E-state index contributed by atoms with van der Waals surface area (Å²) in [5.74, 6) is -1.17. The summed E-state index contributed by atoms with van der Waals surface area (Å²) in [6.07, 6.45) is 1.26. The lowest BCUT2D eigenvalue weighted by atomic mass is 10.1. The fourth-order valence-corrected chi connectivity index (χ4v) is 4.35. The zero-order chi connectivity index (χ0) is 21.6. The number of hydrogen-bond donors (Lipinski definition) is 0. The summed E-state index contributed by atoms with van der Waals surface area (Å²) in [4.78, 5) is 33.6. The molecule has 31 heavy (non-hydrogen) atoms. The predicted molar refractivity (Wildman–Crippen MR) is 111 cm³/mol. The number of benzene rings is 1. The van der Waals surface area contributed by atoms with Gasteiger partial charge in [0.15, 0.2) is 6.39 Å². The topological polar surface area (TPSA) is 90.0 Å². The first-order valence-electron chi connectivity index (χ1n) is 10.3. The van der Waals surface area contributed by atoms with E-state index in [1.807, 2.05) is 41.9 Å². The molecule has 2 fully saturated rings. The second-order valence-electron chi connectivity index (χ2n) is 7.98. The number of fused-ring (bicyclic) bond motifs is 1. The monoisotopic (exact) mass is 424 g/mol. The van der Waals surface area contributed by atoms with Gasteiger partial charge in [-0.05, 0) is 19.1 Å². The molecule has 9 heteroatoms. The Morgan fingerprint density at radius 1 is 1.03 bits per heavy atom. The number of rotatable bonds is 2. The second kappa shape index (κ2) is 7.51. The molecule has 2 saturated heterocycles. The van der Waals surface area contributed by atoms with Gasteiger partial charge in [-0.25, -0.2) is 4.98 Å². The lowest BCUT2D eigenvalue weighted by Crippen LogP contribution is -2.63. The molecule has 2 aliphatic heterocycles. The van der Waals surface area contributed by atoms with Crippen molar-refractivity contribution < 1.29 is 23.5 Å². The number of ether oxygens (including phenoxy) is 2. The van der Waals surface area contributed by atoms with E-state index in [9.17, 15) is 9.59 Å². The van der Waals surface area contributed by atoms with Crippen molar-refractivity contribution in [1.82, 2.24) is 19.4 Å². The van der Waals surface area contributed by atoms with Gasteiger partial charge in [0, 0.05) is 31.0 Å². The summed E-state index contributed by atoms with van der Waals surface area (Å²) < 4.78 is 19.1. The van der Waals surface area contributed by atoms with Crippen molar-refractivity contribution >= 4 is 22.7 Å². The molecule has 0 aliphatic carbocycles. The van der Waals surface area contributed by atoms with Gasteiger partial charge < -0.3 is 28.3 Å². The number of carbonyl (C=O) groups is 2. The minimum Gasteiger partial charge on any atom is -0.438 e. The van der Waals surface area contributed by atoms with Crippen molar-refractivity contribution in [2.45, 2.75) is 12.7 Å². The summed E-state index contributed by atoms with van der Waals surface area (Å²) in [5, 5.41) is 1.02. The van der Waals surface area contributed by atoms with Gasteiger partial charge >= 0.3 is 0 Å². The van der Waals surface area contributed by atoms with Gasteiger partial charge in [0.25, 0.3) is 11.8 Å². The number of hydrogen-bond acceptors (Lipinski definition) is 6. The number of carbonyl (C=O) groups excluding carboxylic acids is 2. The molecule has 1 spiro atoms. The summed E-state index contributed by atoms with van der Waals surface area (Å²) in [5.41, 5.74) is 2.16. The van der Waals surface area contributed by atoms with Crippen LogP contribution >= 0.6 is 0 Å². The number of para-hydroxylation sites is 1. The quantitative estimate of drug-likeness (QED) is 0.623. The number of aromatic nitrogens is 2. The van der Waals surface area contributed by atoms with E-state index < -0.39 is 5.79 Å². The molecule has 3 aromatic rings. The van der Waals surface area contributed by atoms with Crippen LogP contribution in [0.4, 0.5) is 0 Å². The Hall–Kier alpha value is -3.17. The summed E-state index contributed by atoms with van der Waals surface area (Å²) >= 11 is 0. The van der Waals surface area contributed by atoms with Gasteiger partial charge in [-0.2, -0.15) is 0 Å². The van der Waals surface area contributed by atoms with Gasteiger partial charge in [-0.15, -0.1) is 0 Å². The first-order valence-corrected chi connectivity index (χ1v) is 10.3. The Balaban J connectivity index is 1.36. The van der Waals surface area contributed by atoms with Gasteiger partial charge in [0.05, 0.1) is 32.0 Å². The molecule has 5 rings (SSSR count). The van der Waals surface area contributed by atoms with Gasteiger partial charge in [0.2, 0.25) is 11.5 Å². The van der Waals surface area contributed by atoms with Crippen molar-refractivity contribution in [3.63, 3.8) is 0 Å². The van der Waals surface area contributed by atoms with Crippen LogP contribution in [0.3, 0.4) is 0 Å². The van der Waals surface area contributed by atoms with E-state index in [1.165, 1.54) is 6.39 Å². The average molecular weight is 424 g/mol. The van der Waals surface area contributed by atoms with E-state index in [2.05, 4.69) is 4.98 Å². The van der Waals surface area contributed by atoms with Crippen LogP contribution in [0.15, 0.2) is 41.1 Å². The average Bonchev–Trinajstić information content (AvgIpc) is 3.36. The lowest BCUT2D eigenvalue weighted by molar-refractivity contribution is -0.282. The largest absolute Gasteiger partial charge is 0.438 e. The number of morpholine rings is 2. The van der Waals surface area contributed by atoms with Gasteiger partial charge in [-0.1, -0.05) is 18.2 Å².